The highest BCUT2D eigenvalue weighted by atomic mass is 19.4. The second kappa shape index (κ2) is 3.54. The predicted octanol–water partition coefficient (Wildman–Crippen LogP) is 3.03. The van der Waals surface area contributed by atoms with Crippen molar-refractivity contribution in [2.75, 3.05) is 0 Å². The highest BCUT2D eigenvalue weighted by Gasteiger charge is 2.70. The van der Waals surface area contributed by atoms with Gasteiger partial charge in [-0.2, -0.15) is 26.3 Å². The lowest BCUT2D eigenvalue weighted by molar-refractivity contribution is -0.352. The van der Waals surface area contributed by atoms with Crippen LogP contribution in [0.15, 0.2) is 0 Å². The van der Waals surface area contributed by atoms with E-state index in [0.29, 0.717) is 0 Å². The van der Waals surface area contributed by atoms with Gasteiger partial charge in [-0.05, 0) is 25.7 Å². The van der Waals surface area contributed by atoms with E-state index in [9.17, 15) is 26.3 Å². The fourth-order valence-corrected chi connectivity index (χ4v) is 1.82. The molecule has 0 saturated heterocycles. The maximum absolute atomic E-state index is 12.4. The Kier molecular flexibility index (Phi) is 2.97. The molecule has 0 atom stereocenters. The molecule has 0 aromatic heterocycles. The Morgan fingerprint density at radius 1 is 0.867 bits per heavy atom. The third-order valence-electron chi connectivity index (χ3n) is 2.89. The Balaban J connectivity index is 2.99. The number of alkyl halides is 6. The van der Waals surface area contributed by atoms with Gasteiger partial charge < -0.3 is 5.11 Å². The van der Waals surface area contributed by atoms with Gasteiger partial charge in [0.1, 0.15) is 0 Å². The second-order valence-corrected chi connectivity index (χ2v) is 3.81. The average Bonchev–Trinajstić information content (AvgIpc) is 2.00. The Labute approximate surface area is 82.1 Å². The zero-order valence-corrected chi connectivity index (χ0v) is 7.62. The highest BCUT2D eigenvalue weighted by molar-refractivity contribution is 4.96. The van der Waals surface area contributed by atoms with Crippen LogP contribution in [0.2, 0.25) is 0 Å². The molecular weight excluding hydrogens is 226 g/mol. The number of hydrogen-bond acceptors (Lipinski definition) is 1. The van der Waals surface area contributed by atoms with Crippen molar-refractivity contribution in [2.45, 2.75) is 44.1 Å². The van der Waals surface area contributed by atoms with Gasteiger partial charge in [0.25, 0.3) is 0 Å². The van der Waals surface area contributed by atoms with Gasteiger partial charge in [0.2, 0.25) is 0 Å². The number of halogens is 6. The zero-order valence-electron chi connectivity index (χ0n) is 7.62. The van der Waals surface area contributed by atoms with Crippen LogP contribution in [0.3, 0.4) is 0 Å². The first kappa shape index (κ1) is 12.6. The number of aliphatic hydroxyl groups is 1. The van der Waals surface area contributed by atoms with Gasteiger partial charge in [-0.25, -0.2) is 0 Å². The molecule has 0 radical (unpaired) electrons. The van der Waals surface area contributed by atoms with Gasteiger partial charge in [-0.1, -0.05) is 0 Å². The first-order valence-corrected chi connectivity index (χ1v) is 4.42. The molecule has 15 heavy (non-hydrogen) atoms. The summed E-state index contributed by atoms with van der Waals surface area (Å²) in [4.78, 5) is 0. The Hall–Kier alpha value is -0.460. The van der Waals surface area contributed by atoms with Crippen LogP contribution >= 0.6 is 0 Å². The molecule has 0 aromatic carbocycles. The smallest absolute Gasteiger partial charge is 0.393 e. The van der Waals surface area contributed by atoms with Crippen molar-refractivity contribution < 1.29 is 31.4 Å². The van der Waals surface area contributed by atoms with Crippen LogP contribution in [0, 0.1) is 5.41 Å². The maximum atomic E-state index is 12.4. The maximum Gasteiger partial charge on any atom is 0.403 e. The van der Waals surface area contributed by atoms with Crippen LogP contribution in [0.25, 0.3) is 0 Å². The molecule has 0 amide bonds. The molecule has 1 rings (SSSR count). The van der Waals surface area contributed by atoms with E-state index in [0.717, 1.165) is 0 Å². The molecule has 1 aliphatic carbocycles. The normalized spacial score (nSPS) is 24.2. The summed E-state index contributed by atoms with van der Waals surface area (Å²) in [6.07, 6.45) is -14.7. The third kappa shape index (κ3) is 2.07. The van der Waals surface area contributed by atoms with E-state index in [-0.39, 0.29) is 0 Å². The van der Waals surface area contributed by atoms with Crippen LogP contribution < -0.4 is 0 Å². The second-order valence-electron chi connectivity index (χ2n) is 3.81. The number of rotatable bonds is 0. The molecule has 90 valence electrons. The van der Waals surface area contributed by atoms with E-state index in [1.165, 1.54) is 0 Å². The van der Waals surface area contributed by atoms with E-state index in [1.54, 1.807) is 0 Å². The molecule has 0 bridgehead atoms. The molecule has 7 heteroatoms. The Morgan fingerprint density at radius 2 is 1.20 bits per heavy atom. The lowest BCUT2D eigenvalue weighted by Crippen LogP contribution is -2.52. The van der Waals surface area contributed by atoms with E-state index >= 15 is 0 Å². The summed E-state index contributed by atoms with van der Waals surface area (Å²) in [6, 6.07) is 0. The molecule has 1 nitrogen and oxygen atoms in total. The molecule has 0 aliphatic heterocycles. The van der Waals surface area contributed by atoms with Crippen LogP contribution in [0.4, 0.5) is 26.3 Å². The fourth-order valence-electron chi connectivity index (χ4n) is 1.82. The predicted molar refractivity (Wildman–Crippen MR) is 39.0 cm³/mol. The molecule has 1 fully saturated rings. The monoisotopic (exact) mass is 236 g/mol. The zero-order chi connectivity index (χ0) is 11.9. The first-order chi connectivity index (χ1) is 6.60. The molecule has 0 unspecified atom stereocenters. The van der Waals surface area contributed by atoms with Gasteiger partial charge in [0.05, 0.1) is 6.10 Å². The quantitative estimate of drug-likeness (QED) is 0.641. The summed E-state index contributed by atoms with van der Waals surface area (Å²) in [5.74, 6) is 0. The molecule has 1 aliphatic rings. The Bertz CT molecular complexity index is 206. The van der Waals surface area contributed by atoms with Crippen LogP contribution in [-0.4, -0.2) is 23.6 Å². The van der Waals surface area contributed by atoms with Crippen molar-refractivity contribution in [1.29, 1.82) is 0 Å². The van der Waals surface area contributed by atoms with Gasteiger partial charge in [0.15, 0.2) is 5.41 Å². The van der Waals surface area contributed by atoms with Crippen molar-refractivity contribution in [1.82, 2.24) is 0 Å². The summed E-state index contributed by atoms with van der Waals surface area (Å²) >= 11 is 0. The summed E-state index contributed by atoms with van der Waals surface area (Å²) in [5, 5.41) is 8.94. The van der Waals surface area contributed by atoms with E-state index in [2.05, 4.69) is 0 Å². The van der Waals surface area contributed by atoms with E-state index in [4.69, 9.17) is 5.11 Å². The molecule has 1 saturated carbocycles. The van der Waals surface area contributed by atoms with Crippen LogP contribution in [0.1, 0.15) is 25.7 Å². The highest BCUT2D eigenvalue weighted by Crippen LogP contribution is 2.58. The van der Waals surface area contributed by atoms with Crippen molar-refractivity contribution >= 4 is 0 Å². The van der Waals surface area contributed by atoms with E-state index < -0.39 is 49.6 Å². The summed E-state index contributed by atoms with van der Waals surface area (Å²) in [5.41, 5.74) is -3.63. The van der Waals surface area contributed by atoms with Crippen LogP contribution in [-0.2, 0) is 0 Å². The minimum atomic E-state index is -5.30. The number of aliphatic hydroxyl groups excluding tert-OH is 1. The largest absolute Gasteiger partial charge is 0.403 e. The molecule has 0 spiro atoms. The molecule has 0 aromatic rings. The minimum absolute atomic E-state index is 0.459. The van der Waals surface area contributed by atoms with Gasteiger partial charge >= 0.3 is 12.4 Å². The van der Waals surface area contributed by atoms with Crippen LogP contribution in [0.5, 0.6) is 0 Å². The lowest BCUT2D eigenvalue weighted by Gasteiger charge is -2.41. The molecular formula is C8H10F6O. The molecule has 0 heterocycles. The lowest BCUT2D eigenvalue weighted by atomic mass is 9.72. The van der Waals surface area contributed by atoms with Gasteiger partial charge in [-0.3, -0.25) is 0 Å². The van der Waals surface area contributed by atoms with E-state index in [1.807, 2.05) is 0 Å². The van der Waals surface area contributed by atoms with Crippen molar-refractivity contribution in [3.8, 4) is 0 Å². The standard InChI is InChI=1S/C8H10F6O/c9-7(10,11)6(8(12,13)14)3-1-5(15)2-4-6/h5,15H,1-4H2. The fraction of sp³-hybridized carbons (Fsp3) is 1.00. The van der Waals surface area contributed by atoms with Crippen molar-refractivity contribution in [2.24, 2.45) is 5.41 Å². The summed E-state index contributed by atoms with van der Waals surface area (Å²) < 4.78 is 74.5. The average molecular weight is 236 g/mol. The number of hydrogen-bond donors (Lipinski definition) is 1. The van der Waals surface area contributed by atoms with Gasteiger partial charge in [0, 0.05) is 0 Å². The SMILES string of the molecule is OC1CCC(C(F)(F)F)(C(F)(F)F)CC1. The topological polar surface area (TPSA) is 20.2 Å². The summed E-state index contributed by atoms with van der Waals surface area (Å²) in [7, 11) is 0. The van der Waals surface area contributed by atoms with Gasteiger partial charge in [-0.15, -0.1) is 0 Å². The first-order valence-electron chi connectivity index (χ1n) is 4.42. The third-order valence-corrected chi connectivity index (χ3v) is 2.89. The minimum Gasteiger partial charge on any atom is -0.393 e. The molecule has 1 N–H and O–H groups in total. The van der Waals surface area contributed by atoms with Crippen molar-refractivity contribution in [3.63, 3.8) is 0 Å². The summed E-state index contributed by atoms with van der Waals surface area (Å²) in [6.45, 7) is 0. The Morgan fingerprint density at radius 3 is 1.47 bits per heavy atom. The van der Waals surface area contributed by atoms with Crippen molar-refractivity contribution in [3.05, 3.63) is 0 Å².